The molecule has 3 N–H and O–H groups in total. The van der Waals surface area contributed by atoms with E-state index in [1.54, 1.807) is 0 Å². The van der Waals surface area contributed by atoms with Crippen molar-refractivity contribution in [3.05, 3.63) is 18.3 Å². The molecule has 76 valence electrons. The van der Waals surface area contributed by atoms with Gasteiger partial charge in [0.1, 0.15) is 5.82 Å². The molecule has 1 aliphatic rings. The highest BCUT2D eigenvalue weighted by molar-refractivity contribution is 8.00. The number of hydrogen-bond donors (Lipinski definition) is 2. The second-order valence-electron chi connectivity index (χ2n) is 3.50. The molecule has 0 radical (unpaired) electrons. The summed E-state index contributed by atoms with van der Waals surface area (Å²) in [5.74, 6) is 0.594. The van der Waals surface area contributed by atoms with Crippen molar-refractivity contribution in [3.63, 3.8) is 0 Å². The quantitative estimate of drug-likeness (QED) is 0.775. The van der Waals surface area contributed by atoms with Crippen LogP contribution in [-0.2, 0) is 0 Å². The van der Waals surface area contributed by atoms with E-state index >= 15 is 0 Å². The van der Waals surface area contributed by atoms with Gasteiger partial charge in [-0.2, -0.15) is 0 Å². The summed E-state index contributed by atoms with van der Waals surface area (Å²) >= 11 is 1.89. The number of piperidine rings is 1. The highest BCUT2D eigenvalue weighted by Gasteiger charge is 2.13. The summed E-state index contributed by atoms with van der Waals surface area (Å²) in [4.78, 5) is 5.30. The zero-order chi connectivity index (χ0) is 9.80. The largest absolute Gasteiger partial charge is 0.384 e. The Bertz CT molecular complexity index is 280. The van der Waals surface area contributed by atoms with E-state index in [0.29, 0.717) is 11.1 Å². The smallest absolute Gasteiger partial charge is 0.123 e. The first kappa shape index (κ1) is 9.80. The first-order valence-corrected chi connectivity index (χ1v) is 5.81. The van der Waals surface area contributed by atoms with Gasteiger partial charge in [0, 0.05) is 22.9 Å². The molecule has 2 heterocycles. The fourth-order valence-electron chi connectivity index (χ4n) is 1.57. The number of aromatic nitrogens is 1. The summed E-state index contributed by atoms with van der Waals surface area (Å²) < 4.78 is 0. The molecule has 2 rings (SSSR count). The Hall–Kier alpha value is -0.740. The van der Waals surface area contributed by atoms with Crippen molar-refractivity contribution in [2.24, 2.45) is 0 Å². The van der Waals surface area contributed by atoms with E-state index in [1.807, 2.05) is 30.1 Å². The molecule has 0 bridgehead atoms. The summed E-state index contributed by atoms with van der Waals surface area (Å²) in [6.07, 6.45) is 4.43. The Morgan fingerprint density at radius 3 is 3.07 bits per heavy atom. The maximum Gasteiger partial charge on any atom is 0.123 e. The number of hydrogen-bond acceptors (Lipinski definition) is 4. The SMILES string of the molecule is Nc1ccc(SC2CCCNC2)cn1. The number of nitrogens with two attached hydrogens (primary N) is 1. The molecule has 0 aromatic carbocycles. The van der Waals surface area contributed by atoms with Crippen molar-refractivity contribution in [2.45, 2.75) is 23.0 Å². The molecule has 4 heteroatoms. The van der Waals surface area contributed by atoms with Crippen LogP contribution in [0.15, 0.2) is 23.2 Å². The minimum atomic E-state index is 0.594. The lowest BCUT2D eigenvalue weighted by atomic mass is 10.2. The van der Waals surface area contributed by atoms with Crippen molar-refractivity contribution in [3.8, 4) is 0 Å². The maximum absolute atomic E-state index is 5.53. The fourth-order valence-corrected chi connectivity index (χ4v) is 2.71. The fraction of sp³-hybridized carbons (Fsp3) is 0.500. The van der Waals surface area contributed by atoms with Gasteiger partial charge >= 0.3 is 0 Å². The van der Waals surface area contributed by atoms with Gasteiger partial charge in [0.25, 0.3) is 0 Å². The van der Waals surface area contributed by atoms with E-state index in [-0.39, 0.29) is 0 Å². The normalized spacial score (nSPS) is 22.1. The van der Waals surface area contributed by atoms with E-state index < -0.39 is 0 Å². The molecular formula is C10H15N3S. The second-order valence-corrected chi connectivity index (χ2v) is 4.88. The first-order valence-electron chi connectivity index (χ1n) is 4.93. The molecule has 0 spiro atoms. The summed E-state index contributed by atoms with van der Waals surface area (Å²) in [6.45, 7) is 2.27. The average Bonchev–Trinajstić information content (AvgIpc) is 2.23. The number of nitrogens with one attached hydrogen (secondary N) is 1. The van der Waals surface area contributed by atoms with Gasteiger partial charge in [-0.05, 0) is 31.5 Å². The Morgan fingerprint density at radius 1 is 1.50 bits per heavy atom. The predicted octanol–water partition coefficient (Wildman–Crippen LogP) is 1.51. The van der Waals surface area contributed by atoms with Gasteiger partial charge in [0.05, 0.1) is 0 Å². The van der Waals surface area contributed by atoms with Gasteiger partial charge < -0.3 is 11.1 Å². The molecular weight excluding hydrogens is 194 g/mol. The van der Waals surface area contributed by atoms with Crippen molar-refractivity contribution >= 4 is 17.6 Å². The lowest BCUT2D eigenvalue weighted by Crippen LogP contribution is -2.31. The Balaban J connectivity index is 1.92. The van der Waals surface area contributed by atoms with Gasteiger partial charge in [-0.25, -0.2) is 4.98 Å². The van der Waals surface area contributed by atoms with Gasteiger partial charge in [0.2, 0.25) is 0 Å². The monoisotopic (exact) mass is 209 g/mol. The third kappa shape index (κ3) is 2.62. The van der Waals surface area contributed by atoms with Crippen molar-refractivity contribution in [2.75, 3.05) is 18.8 Å². The van der Waals surface area contributed by atoms with E-state index in [9.17, 15) is 0 Å². The summed E-state index contributed by atoms with van der Waals surface area (Å²) in [7, 11) is 0. The maximum atomic E-state index is 5.53. The van der Waals surface area contributed by atoms with Crippen LogP contribution in [0, 0.1) is 0 Å². The minimum absolute atomic E-state index is 0.594. The van der Waals surface area contributed by atoms with Crippen LogP contribution in [0.4, 0.5) is 5.82 Å². The second kappa shape index (κ2) is 4.66. The third-order valence-electron chi connectivity index (χ3n) is 2.31. The Kier molecular flexibility index (Phi) is 3.26. The topological polar surface area (TPSA) is 50.9 Å². The molecule has 1 aliphatic heterocycles. The average molecular weight is 209 g/mol. The van der Waals surface area contributed by atoms with E-state index in [2.05, 4.69) is 10.3 Å². The number of pyridine rings is 1. The van der Waals surface area contributed by atoms with Crippen LogP contribution < -0.4 is 11.1 Å². The molecule has 1 aromatic rings. The number of nitrogen functional groups attached to an aromatic ring is 1. The standard InChI is InChI=1S/C10H15N3S/c11-10-4-3-9(7-13-10)14-8-2-1-5-12-6-8/h3-4,7-8,12H,1-2,5-6H2,(H2,11,13). The zero-order valence-electron chi connectivity index (χ0n) is 8.07. The van der Waals surface area contributed by atoms with Gasteiger partial charge in [-0.3, -0.25) is 0 Å². The van der Waals surface area contributed by atoms with Crippen LogP contribution in [0.25, 0.3) is 0 Å². The van der Waals surface area contributed by atoms with Gasteiger partial charge in [0.15, 0.2) is 0 Å². The Morgan fingerprint density at radius 2 is 2.43 bits per heavy atom. The first-order chi connectivity index (χ1) is 6.84. The molecule has 0 aliphatic carbocycles. The molecule has 1 aromatic heterocycles. The van der Waals surface area contributed by atoms with Gasteiger partial charge in [-0.15, -0.1) is 11.8 Å². The molecule has 1 atom stereocenters. The van der Waals surface area contributed by atoms with E-state index in [4.69, 9.17) is 5.73 Å². The molecule has 3 nitrogen and oxygen atoms in total. The van der Waals surface area contributed by atoms with Crippen LogP contribution in [0.3, 0.4) is 0 Å². The molecule has 0 saturated carbocycles. The number of nitrogens with zero attached hydrogens (tertiary/aromatic N) is 1. The molecule has 14 heavy (non-hydrogen) atoms. The van der Waals surface area contributed by atoms with E-state index in [0.717, 1.165) is 13.1 Å². The number of thioether (sulfide) groups is 1. The minimum Gasteiger partial charge on any atom is -0.384 e. The molecule has 1 saturated heterocycles. The van der Waals surface area contributed by atoms with Crippen molar-refractivity contribution < 1.29 is 0 Å². The number of rotatable bonds is 2. The summed E-state index contributed by atoms with van der Waals surface area (Å²) in [6, 6.07) is 3.90. The third-order valence-corrected chi connectivity index (χ3v) is 3.56. The number of anilines is 1. The predicted molar refractivity (Wildman–Crippen MR) is 60.4 cm³/mol. The molecule has 1 fully saturated rings. The van der Waals surface area contributed by atoms with E-state index in [1.165, 1.54) is 17.7 Å². The summed E-state index contributed by atoms with van der Waals surface area (Å²) in [5, 5.41) is 4.09. The molecule has 0 amide bonds. The van der Waals surface area contributed by atoms with Crippen LogP contribution in [0.2, 0.25) is 0 Å². The van der Waals surface area contributed by atoms with Gasteiger partial charge in [-0.1, -0.05) is 0 Å². The van der Waals surface area contributed by atoms with Crippen LogP contribution in [0.1, 0.15) is 12.8 Å². The summed E-state index contributed by atoms with van der Waals surface area (Å²) in [5.41, 5.74) is 5.53. The van der Waals surface area contributed by atoms with Crippen LogP contribution in [-0.4, -0.2) is 23.3 Å². The molecule has 1 unspecified atom stereocenters. The lowest BCUT2D eigenvalue weighted by molar-refractivity contribution is 0.531. The van der Waals surface area contributed by atoms with Crippen LogP contribution in [0.5, 0.6) is 0 Å². The van der Waals surface area contributed by atoms with Crippen molar-refractivity contribution in [1.82, 2.24) is 10.3 Å². The van der Waals surface area contributed by atoms with Crippen molar-refractivity contribution in [1.29, 1.82) is 0 Å². The highest BCUT2D eigenvalue weighted by Crippen LogP contribution is 2.26. The lowest BCUT2D eigenvalue weighted by Gasteiger charge is -2.21. The van der Waals surface area contributed by atoms with Crippen LogP contribution >= 0.6 is 11.8 Å². The Labute approximate surface area is 88.5 Å². The highest BCUT2D eigenvalue weighted by atomic mass is 32.2. The zero-order valence-corrected chi connectivity index (χ0v) is 8.89.